The number of carbonyl (C=O) groups excluding carboxylic acids is 1. The van der Waals surface area contributed by atoms with Crippen LogP contribution in [0.25, 0.3) is 10.6 Å². The highest BCUT2D eigenvalue weighted by molar-refractivity contribution is 7.13. The Labute approximate surface area is 221 Å². The molecule has 12 nitrogen and oxygen atoms in total. The highest BCUT2D eigenvalue weighted by atomic mass is 32.1. The molecule has 204 valence electrons. The van der Waals surface area contributed by atoms with Crippen molar-refractivity contribution >= 4 is 40.3 Å². The quantitative estimate of drug-likeness (QED) is 0.344. The summed E-state index contributed by atoms with van der Waals surface area (Å²) < 4.78 is 41.8. The molecule has 0 atom stereocenters. The van der Waals surface area contributed by atoms with E-state index in [9.17, 15) is 32.8 Å². The smallest absolute Gasteiger partial charge is 0.433 e. The Bertz CT molecular complexity index is 1700. The minimum atomic E-state index is -4.56. The number of nitrogens with one attached hydrogen (secondary N) is 2. The summed E-state index contributed by atoms with van der Waals surface area (Å²) in [4.78, 5) is 48.0. The van der Waals surface area contributed by atoms with Crippen molar-refractivity contribution in [2.24, 2.45) is 7.05 Å². The zero-order chi connectivity index (χ0) is 28.2. The number of allylic oxidation sites excluding steroid dienone is 2. The zero-order valence-corrected chi connectivity index (χ0v) is 21.6. The van der Waals surface area contributed by atoms with Crippen LogP contribution in [0, 0.1) is 12.1 Å². The van der Waals surface area contributed by atoms with E-state index in [1.165, 1.54) is 34.9 Å². The standard InChI is InChI=1S/C23H21F3N8O4S/c1-11-4-13(6-27-18(11)23(24,25)26)20-30-15(9-39-20)29-16(35)8-32-10-28-19-17(32)21(36)33(22(37)31(19)3)7-14-5-12(2)34(14)38/h4-6,9,28H,7-8,10H2,1-3H3,(H,29,35). The van der Waals surface area contributed by atoms with Gasteiger partial charge < -0.3 is 20.7 Å². The maximum Gasteiger partial charge on any atom is 0.433 e. The lowest BCUT2D eigenvalue weighted by Crippen LogP contribution is -2.44. The van der Waals surface area contributed by atoms with Gasteiger partial charge in [-0.05, 0) is 18.6 Å². The largest absolute Gasteiger partial charge is 0.618 e. The summed E-state index contributed by atoms with van der Waals surface area (Å²) in [6.07, 6.45) is -1.90. The molecule has 16 heteroatoms. The number of rotatable bonds is 6. The van der Waals surface area contributed by atoms with Crippen molar-refractivity contribution in [2.75, 3.05) is 28.7 Å². The van der Waals surface area contributed by atoms with E-state index < -0.39 is 29.0 Å². The highest BCUT2D eigenvalue weighted by Crippen LogP contribution is 2.33. The lowest BCUT2D eigenvalue weighted by Gasteiger charge is -2.19. The molecule has 0 fully saturated rings. The Balaban J connectivity index is 1.32. The number of aromatic nitrogens is 4. The van der Waals surface area contributed by atoms with Crippen molar-refractivity contribution in [1.29, 1.82) is 0 Å². The second kappa shape index (κ2) is 9.37. The summed E-state index contributed by atoms with van der Waals surface area (Å²) in [5.41, 5.74) is -1.08. The van der Waals surface area contributed by atoms with Crippen LogP contribution in [0.4, 0.5) is 30.5 Å². The minimum Gasteiger partial charge on any atom is -0.618 e. The number of anilines is 3. The second-order valence-electron chi connectivity index (χ2n) is 9.01. The molecule has 3 aromatic rings. The van der Waals surface area contributed by atoms with Crippen molar-refractivity contribution < 1.29 is 22.7 Å². The van der Waals surface area contributed by atoms with Crippen LogP contribution in [0.15, 0.2) is 39.0 Å². The number of hydrogen-bond acceptors (Lipinski definition) is 9. The Morgan fingerprint density at radius 2 is 2.05 bits per heavy atom. The van der Waals surface area contributed by atoms with E-state index in [1.807, 2.05) is 0 Å². The summed E-state index contributed by atoms with van der Waals surface area (Å²) in [6.45, 7) is 2.53. The first kappa shape index (κ1) is 26.1. The maximum atomic E-state index is 13.2. The number of carbonyl (C=O) groups is 1. The van der Waals surface area contributed by atoms with Crippen molar-refractivity contribution in [3.63, 3.8) is 0 Å². The molecule has 2 aliphatic heterocycles. The fourth-order valence-corrected chi connectivity index (χ4v) is 5.09. The van der Waals surface area contributed by atoms with Gasteiger partial charge in [-0.15, -0.1) is 11.3 Å². The molecule has 0 aliphatic carbocycles. The fourth-order valence-electron chi connectivity index (χ4n) is 4.36. The van der Waals surface area contributed by atoms with Gasteiger partial charge in [-0.1, -0.05) is 0 Å². The third-order valence-electron chi connectivity index (χ3n) is 6.26. The lowest BCUT2D eigenvalue weighted by molar-refractivity contribution is -0.414. The molecule has 0 radical (unpaired) electrons. The van der Waals surface area contributed by atoms with Gasteiger partial charge in [0.15, 0.2) is 5.70 Å². The number of hydrogen-bond donors (Lipinski definition) is 2. The van der Waals surface area contributed by atoms with E-state index in [-0.39, 0.29) is 48.4 Å². The van der Waals surface area contributed by atoms with Gasteiger partial charge in [0.2, 0.25) is 11.6 Å². The number of halogens is 3. The van der Waals surface area contributed by atoms with Crippen LogP contribution in [-0.4, -0.2) is 48.7 Å². The van der Waals surface area contributed by atoms with Crippen LogP contribution >= 0.6 is 11.3 Å². The first-order chi connectivity index (χ1) is 18.3. The molecular weight excluding hydrogens is 541 g/mol. The van der Waals surface area contributed by atoms with Crippen LogP contribution in [0.5, 0.6) is 0 Å². The van der Waals surface area contributed by atoms with Crippen LogP contribution in [0.3, 0.4) is 0 Å². The van der Waals surface area contributed by atoms with E-state index >= 15 is 0 Å². The van der Waals surface area contributed by atoms with Gasteiger partial charge in [0.05, 0.1) is 19.3 Å². The highest BCUT2D eigenvalue weighted by Gasteiger charge is 2.34. The van der Waals surface area contributed by atoms with Gasteiger partial charge in [0.1, 0.15) is 34.6 Å². The third kappa shape index (κ3) is 4.67. The van der Waals surface area contributed by atoms with Gasteiger partial charge >= 0.3 is 11.9 Å². The van der Waals surface area contributed by atoms with Crippen LogP contribution in [-0.2, 0) is 24.6 Å². The summed E-state index contributed by atoms with van der Waals surface area (Å²) in [5, 5.41) is 19.4. The number of thiazole rings is 1. The number of nitrogens with zero attached hydrogens (tertiary/aromatic N) is 6. The predicted octanol–water partition coefficient (Wildman–Crippen LogP) is 2.09. The molecule has 2 aliphatic rings. The Kier molecular flexibility index (Phi) is 6.28. The molecular formula is C23H21F3N8O4S. The van der Waals surface area contributed by atoms with Gasteiger partial charge in [-0.25, -0.2) is 14.3 Å². The Morgan fingerprint density at radius 3 is 2.69 bits per heavy atom. The molecule has 0 aromatic carbocycles. The number of amides is 1. The molecule has 0 saturated carbocycles. The topological polar surface area (TPSA) is 140 Å². The number of hydroxylamine groups is 1. The molecule has 5 rings (SSSR count). The fraction of sp³-hybridized carbons (Fsp3) is 0.304. The molecule has 1 amide bonds. The SMILES string of the molecule is CC1=CC(Cn2c(=O)c3c(n(C)c2=O)NCN3CC(=O)Nc2csc(-c3cnc(C(F)(F)F)c(C)c3)n2)=[N+]1[O-]. The molecule has 3 aromatic heterocycles. The minimum absolute atomic E-state index is 0.0501. The van der Waals surface area contributed by atoms with Crippen LogP contribution < -0.4 is 26.8 Å². The van der Waals surface area contributed by atoms with Crippen molar-refractivity contribution in [2.45, 2.75) is 26.6 Å². The molecule has 0 spiro atoms. The zero-order valence-electron chi connectivity index (χ0n) is 20.8. The first-order valence-corrected chi connectivity index (χ1v) is 12.4. The van der Waals surface area contributed by atoms with E-state index in [0.717, 1.165) is 22.1 Å². The third-order valence-corrected chi connectivity index (χ3v) is 7.15. The summed E-state index contributed by atoms with van der Waals surface area (Å²) in [7, 11) is 1.48. The van der Waals surface area contributed by atoms with Gasteiger partial charge in [0.25, 0.3) is 5.56 Å². The summed E-state index contributed by atoms with van der Waals surface area (Å²) in [6, 6.07) is 1.33. The van der Waals surface area contributed by atoms with Crippen LogP contribution in [0.2, 0.25) is 0 Å². The Morgan fingerprint density at radius 1 is 1.31 bits per heavy atom. The lowest BCUT2D eigenvalue weighted by atomic mass is 10.1. The predicted molar refractivity (Wildman–Crippen MR) is 138 cm³/mol. The number of fused-ring (bicyclic) bond motifs is 1. The monoisotopic (exact) mass is 562 g/mol. The first-order valence-electron chi connectivity index (χ1n) is 11.5. The van der Waals surface area contributed by atoms with E-state index in [0.29, 0.717) is 21.0 Å². The summed E-state index contributed by atoms with van der Waals surface area (Å²) in [5.74, 6) is -0.0814. The molecule has 2 N–H and O–H groups in total. The Hall–Kier alpha value is -4.47. The van der Waals surface area contributed by atoms with Crippen molar-refractivity contribution in [3.8, 4) is 10.6 Å². The second-order valence-corrected chi connectivity index (χ2v) is 9.87. The van der Waals surface area contributed by atoms with Gasteiger partial charge in [0, 0.05) is 31.1 Å². The average molecular weight is 563 g/mol. The van der Waals surface area contributed by atoms with Crippen molar-refractivity contribution in [3.05, 3.63) is 66.7 Å². The number of aryl methyl sites for hydroxylation is 1. The van der Waals surface area contributed by atoms with Gasteiger partial charge in [-0.3, -0.25) is 19.1 Å². The average Bonchev–Trinajstić information content (AvgIpc) is 3.51. The molecule has 5 heterocycles. The van der Waals surface area contributed by atoms with E-state index in [1.54, 1.807) is 13.0 Å². The molecule has 39 heavy (non-hydrogen) atoms. The van der Waals surface area contributed by atoms with Crippen LogP contribution in [0.1, 0.15) is 18.2 Å². The van der Waals surface area contributed by atoms with Gasteiger partial charge in [-0.2, -0.15) is 17.9 Å². The van der Waals surface area contributed by atoms with E-state index in [2.05, 4.69) is 20.6 Å². The number of alkyl halides is 3. The maximum absolute atomic E-state index is 13.2. The molecule has 0 saturated heterocycles. The number of pyridine rings is 1. The molecule has 0 unspecified atom stereocenters. The van der Waals surface area contributed by atoms with E-state index in [4.69, 9.17) is 0 Å². The van der Waals surface area contributed by atoms with Crippen molar-refractivity contribution in [1.82, 2.24) is 19.1 Å². The molecule has 0 bridgehead atoms. The normalized spacial score (nSPS) is 14.6. The summed E-state index contributed by atoms with van der Waals surface area (Å²) >= 11 is 1.12.